The molecule has 0 bridgehead atoms. The lowest BCUT2D eigenvalue weighted by Gasteiger charge is -2.46. The molecule has 3 aliphatic heterocycles. The third-order valence-electron chi connectivity index (χ3n) is 12.3. The van der Waals surface area contributed by atoms with Gasteiger partial charge in [-0.15, -0.1) is 13.2 Å². The van der Waals surface area contributed by atoms with Crippen molar-refractivity contribution < 1.29 is 80.9 Å². The molecule has 2 aromatic carbocycles. The first kappa shape index (κ1) is 54.3. The Morgan fingerprint density at radius 1 is 0.653 bits per heavy atom. The number of oxime groups is 2. The molecule has 4 aromatic rings. The molecule has 388 valence electrons. The van der Waals surface area contributed by atoms with Gasteiger partial charge < -0.3 is 76.1 Å². The van der Waals surface area contributed by atoms with Gasteiger partial charge >= 0.3 is 17.4 Å². The van der Waals surface area contributed by atoms with Gasteiger partial charge in [-0.05, 0) is 65.8 Å². The highest BCUT2D eigenvalue weighted by molar-refractivity contribution is 6.06. The fourth-order valence-electron chi connectivity index (χ4n) is 8.65. The quantitative estimate of drug-likeness (QED) is 0.0376. The molecule has 0 aliphatic carbocycles. The Balaban J connectivity index is 0.000000236. The Hall–Kier alpha value is -7.01. The first-order valence-corrected chi connectivity index (χ1v) is 22.4. The number of methoxy groups -OCH3 is 2. The van der Waals surface area contributed by atoms with Crippen LogP contribution < -0.4 is 30.2 Å². The van der Waals surface area contributed by atoms with Crippen LogP contribution in [-0.2, 0) is 38.1 Å². The second-order valence-electron chi connectivity index (χ2n) is 16.9. The summed E-state index contributed by atoms with van der Waals surface area (Å²) in [6, 6.07) is 6.64. The monoisotopic (exact) mass is 1000 g/mol. The second-order valence-corrected chi connectivity index (χ2v) is 16.9. The van der Waals surface area contributed by atoms with E-state index in [1.54, 1.807) is 84.0 Å². The molecule has 3 aliphatic rings. The third kappa shape index (κ3) is 10.3. The van der Waals surface area contributed by atoms with E-state index in [4.69, 9.17) is 65.9 Å². The van der Waals surface area contributed by atoms with Crippen LogP contribution in [0.25, 0.3) is 21.9 Å². The summed E-state index contributed by atoms with van der Waals surface area (Å²) in [5.74, 6) is 1.13. The Kier molecular flexibility index (Phi) is 17.1. The van der Waals surface area contributed by atoms with E-state index in [9.17, 15) is 24.6 Å². The van der Waals surface area contributed by atoms with Crippen LogP contribution in [0.1, 0.15) is 49.9 Å². The average Bonchev–Trinajstić information content (AvgIpc) is 3.74. The van der Waals surface area contributed by atoms with Crippen molar-refractivity contribution in [2.75, 3.05) is 41.7 Å². The molecule has 0 saturated carbocycles. The van der Waals surface area contributed by atoms with E-state index in [0.717, 1.165) is 0 Å². The summed E-state index contributed by atoms with van der Waals surface area (Å²) in [6.45, 7) is 25.2. The maximum Gasteiger partial charge on any atom is 0.509 e. The SMILES string of the molecule is C=CCOc1c(C(C)=NOC)c(=O)oc2c(C)c(OC3O[C@@](C)(C=C)[C@H](OC)[C@@H](O)[C@H]3O)ccc12.C=CCOc1c(C(C)=NOC)c(=O)oc2c(C)c(OC3O[C@@](C)(C=C)[C@H](OC)[C@H]4OC(=O)O[C@@H]34)ccc12. The summed E-state index contributed by atoms with van der Waals surface area (Å²) in [4.78, 5) is 47.5. The number of hydrogen-bond donors (Lipinski definition) is 2. The summed E-state index contributed by atoms with van der Waals surface area (Å²) >= 11 is 0. The number of aliphatic hydroxyl groups is 2. The summed E-state index contributed by atoms with van der Waals surface area (Å²) in [5, 5.41) is 29.9. The number of carbonyl (C=O) groups is 1. The van der Waals surface area contributed by atoms with Crippen LogP contribution >= 0.6 is 0 Å². The summed E-state index contributed by atoms with van der Waals surface area (Å²) in [7, 11) is 5.63. The van der Waals surface area contributed by atoms with Gasteiger partial charge in [0.05, 0.1) is 22.2 Å². The first-order valence-electron chi connectivity index (χ1n) is 22.4. The van der Waals surface area contributed by atoms with Gasteiger partial charge in [0, 0.05) is 25.3 Å². The lowest BCUT2D eigenvalue weighted by atomic mass is 9.88. The molecule has 2 N–H and O–H groups in total. The molecule has 2 aromatic heterocycles. The molecular formula is C51H60N2O19. The van der Waals surface area contributed by atoms with Crippen LogP contribution in [0.5, 0.6) is 23.0 Å². The van der Waals surface area contributed by atoms with E-state index in [1.807, 2.05) is 0 Å². The van der Waals surface area contributed by atoms with Crippen molar-refractivity contribution in [3.8, 4) is 23.0 Å². The Morgan fingerprint density at radius 3 is 1.51 bits per heavy atom. The van der Waals surface area contributed by atoms with Crippen molar-refractivity contribution in [3.05, 3.63) is 118 Å². The van der Waals surface area contributed by atoms with Crippen molar-refractivity contribution >= 4 is 39.5 Å². The molecule has 0 radical (unpaired) electrons. The maximum absolute atomic E-state index is 13.0. The van der Waals surface area contributed by atoms with Gasteiger partial charge in [0.2, 0.25) is 18.7 Å². The highest BCUT2D eigenvalue weighted by Gasteiger charge is 2.60. The topological polar surface area (TPSA) is 253 Å². The minimum absolute atomic E-state index is 0.121. The number of aliphatic hydroxyl groups excluding tert-OH is 2. The summed E-state index contributed by atoms with van der Waals surface area (Å²) in [5.41, 5.74) is -1.31. The molecule has 21 heteroatoms. The molecule has 0 amide bonds. The summed E-state index contributed by atoms with van der Waals surface area (Å²) < 4.78 is 68.7. The van der Waals surface area contributed by atoms with Crippen LogP contribution in [0.4, 0.5) is 4.79 Å². The molecule has 0 spiro atoms. The van der Waals surface area contributed by atoms with E-state index in [2.05, 4.69) is 36.6 Å². The zero-order valence-electron chi connectivity index (χ0n) is 41.7. The first-order chi connectivity index (χ1) is 34.3. The van der Waals surface area contributed by atoms with Gasteiger partial charge in [-0.3, -0.25) is 0 Å². The third-order valence-corrected chi connectivity index (χ3v) is 12.3. The maximum atomic E-state index is 13.0. The highest BCUT2D eigenvalue weighted by atomic mass is 16.8. The number of carbonyl (C=O) groups excluding carboxylic acids is 1. The van der Waals surface area contributed by atoms with Crippen LogP contribution in [0.3, 0.4) is 0 Å². The van der Waals surface area contributed by atoms with Crippen LogP contribution in [0.2, 0.25) is 0 Å². The fraction of sp³-hybridized carbons (Fsp3) is 0.431. The second kappa shape index (κ2) is 22.6. The van der Waals surface area contributed by atoms with Crippen molar-refractivity contribution in [1.29, 1.82) is 0 Å². The summed E-state index contributed by atoms with van der Waals surface area (Å²) in [6.07, 6.45) is -2.98. The van der Waals surface area contributed by atoms with Crippen LogP contribution in [-0.4, -0.2) is 130 Å². The predicted molar refractivity (Wildman–Crippen MR) is 261 cm³/mol. The van der Waals surface area contributed by atoms with Crippen molar-refractivity contribution in [2.24, 2.45) is 10.3 Å². The van der Waals surface area contributed by atoms with Crippen molar-refractivity contribution in [1.82, 2.24) is 0 Å². The van der Waals surface area contributed by atoms with Gasteiger partial charge in [-0.1, -0.05) is 47.8 Å². The number of hydrogen-bond acceptors (Lipinski definition) is 21. The van der Waals surface area contributed by atoms with Crippen molar-refractivity contribution in [3.63, 3.8) is 0 Å². The number of fused-ring (bicyclic) bond motifs is 3. The van der Waals surface area contributed by atoms with Gasteiger partial charge in [0.25, 0.3) is 0 Å². The predicted octanol–water partition coefficient (Wildman–Crippen LogP) is 6.09. The molecule has 7 rings (SSSR count). The standard InChI is InChI=1S/C26H29NO10.C25H31NO9/c1-8-12-32-19-15-10-11-16(13(3)18(15)34-23(28)17(19)14(4)27-31-7)33-24-21-20(35-25(29)36-21)22(30-6)26(5,9-2)37-24;1-8-12-32-21-15-10-11-16(13(3)20(15)34-23(29)17(21)14(4)26-31-7)33-24-19(28)18(27)22(30-6)25(5,9-2)35-24/h8-11,20-22,24H,1-2,12H2,3-7H3;8-11,18-19,22,24,27-28H,1-2,12H2,3-7H3/t20-,21+,22+,24?,26-;18-,19+,22+,24?,25-/m00/s1. The minimum atomic E-state index is -1.42. The molecule has 72 heavy (non-hydrogen) atoms. The van der Waals surface area contributed by atoms with E-state index in [0.29, 0.717) is 27.6 Å². The van der Waals surface area contributed by atoms with Gasteiger partial charge in [-0.2, -0.15) is 0 Å². The number of aryl methyl sites for hydroxylation is 2. The normalized spacial score (nSPS) is 27.0. The number of nitrogens with zero attached hydrogens (tertiary/aromatic N) is 2. The molecule has 21 nitrogen and oxygen atoms in total. The lowest BCUT2D eigenvalue weighted by Crippen LogP contribution is -2.64. The fourth-order valence-corrected chi connectivity index (χ4v) is 8.65. The van der Waals surface area contributed by atoms with E-state index < -0.39 is 77.8 Å². The van der Waals surface area contributed by atoms with Crippen LogP contribution in [0, 0.1) is 13.8 Å². The zero-order chi connectivity index (χ0) is 52.8. The van der Waals surface area contributed by atoms with E-state index in [-0.39, 0.29) is 64.2 Å². The van der Waals surface area contributed by atoms with Crippen molar-refractivity contribution in [2.45, 2.75) is 102 Å². The zero-order valence-corrected chi connectivity index (χ0v) is 41.7. The van der Waals surface area contributed by atoms with Gasteiger partial charge in [-0.25, -0.2) is 14.4 Å². The lowest BCUT2D eigenvalue weighted by molar-refractivity contribution is -0.297. The van der Waals surface area contributed by atoms with E-state index >= 15 is 0 Å². The Morgan fingerprint density at radius 2 is 1.08 bits per heavy atom. The Labute approximate surface area is 414 Å². The highest BCUT2D eigenvalue weighted by Crippen LogP contribution is 2.42. The molecule has 10 atom stereocenters. The number of rotatable bonds is 18. The molecule has 5 heterocycles. The Bertz CT molecular complexity index is 2890. The molecule has 2 unspecified atom stereocenters. The molecule has 3 fully saturated rings. The average molecular weight is 1010 g/mol. The van der Waals surface area contributed by atoms with E-state index in [1.165, 1.54) is 34.5 Å². The molecule has 3 saturated heterocycles. The van der Waals surface area contributed by atoms with Crippen LogP contribution in [0.15, 0.2) is 104 Å². The smallest absolute Gasteiger partial charge is 0.488 e. The molecular weight excluding hydrogens is 945 g/mol. The largest absolute Gasteiger partial charge is 0.509 e. The van der Waals surface area contributed by atoms with Gasteiger partial charge in [0.15, 0.2) is 6.10 Å². The van der Waals surface area contributed by atoms with Gasteiger partial charge in [0.1, 0.15) is 108 Å². The number of ether oxygens (including phenoxy) is 10. The minimum Gasteiger partial charge on any atom is -0.488 e. The number of benzene rings is 2.